The van der Waals surface area contributed by atoms with Gasteiger partial charge in [0, 0.05) is 6.54 Å². The normalized spacial score (nSPS) is 30.9. The van der Waals surface area contributed by atoms with Gasteiger partial charge in [0.1, 0.15) is 5.54 Å². The van der Waals surface area contributed by atoms with E-state index in [1.54, 1.807) is 6.08 Å². The summed E-state index contributed by atoms with van der Waals surface area (Å²) in [6, 6.07) is 0. The van der Waals surface area contributed by atoms with Crippen LogP contribution in [-0.4, -0.2) is 23.2 Å². The molecule has 0 saturated carbocycles. The Labute approximate surface area is 59.7 Å². The topological polar surface area (TPSA) is 49.3 Å². The molecule has 0 spiro atoms. The van der Waals surface area contributed by atoms with E-state index in [0.717, 1.165) is 0 Å². The number of hydrogen-bond donors (Lipinski definition) is 2. The highest BCUT2D eigenvalue weighted by Gasteiger charge is 2.35. The number of carboxylic acid groups (broad SMARTS) is 1. The fraction of sp³-hybridized carbons (Fsp3) is 0.571. The average Bonchev–Trinajstić information content (AvgIpc) is 2.35. The molecule has 3 heteroatoms. The average molecular weight is 141 g/mol. The molecule has 0 bridgehead atoms. The summed E-state index contributed by atoms with van der Waals surface area (Å²) >= 11 is 0. The lowest BCUT2D eigenvalue weighted by Gasteiger charge is -2.20. The van der Waals surface area contributed by atoms with Crippen molar-refractivity contribution in [1.82, 2.24) is 5.32 Å². The van der Waals surface area contributed by atoms with Crippen molar-refractivity contribution in [2.45, 2.75) is 18.9 Å². The predicted octanol–water partition coefficient (Wildman–Crippen LogP) is 0.379. The zero-order valence-corrected chi connectivity index (χ0v) is 5.92. The molecule has 1 aliphatic heterocycles. The first-order chi connectivity index (χ1) is 4.71. The van der Waals surface area contributed by atoms with Gasteiger partial charge in [0.15, 0.2) is 0 Å². The van der Waals surface area contributed by atoms with E-state index in [2.05, 4.69) is 5.32 Å². The van der Waals surface area contributed by atoms with Gasteiger partial charge in [-0.3, -0.25) is 5.32 Å². The Hall–Kier alpha value is -0.830. The lowest BCUT2D eigenvalue weighted by molar-refractivity contribution is -0.142. The van der Waals surface area contributed by atoms with Gasteiger partial charge < -0.3 is 5.11 Å². The predicted molar refractivity (Wildman–Crippen MR) is 37.8 cm³/mol. The molecular weight excluding hydrogens is 130 g/mol. The first-order valence-electron chi connectivity index (χ1n) is 3.37. The number of carboxylic acids is 1. The van der Waals surface area contributed by atoms with Crippen molar-refractivity contribution >= 4 is 5.97 Å². The Balaban J connectivity index is 2.78. The molecule has 0 aromatic heterocycles. The third kappa shape index (κ3) is 0.926. The van der Waals surface area contributed by atoms with Crippen LogP contribution in [0.1, 0.15) is 13.3 Å². The van der Waals surface area contributed by atoms with Crippen LogP contribution in [0.25, 0.3) is 0 Å². The molecule has 1 atom stereocenters. The third-order valence-corrected chi connectivity index (χ3v) is 1.88. The standard InChI is InChI=1S/C7H11NO2/c1-2-7(6(9)10)4-3-5-8-7/h3-4,8H,2,5H2,1H3,(H,9,10)/t7-/m0/s1. The van der Waals surface area contributed by atoms with Crippen molar-refractivity contribution in [1.29, 1.82) is 0 Å². The van der Waals surface area contributed by atoms with Gasteiger partial charge in [-0.05, 0) is 6.42 Å². The molecule has 2 N–H and O–H groups in total. The Morgan fingerprint density at radius 2 is 2.60 bits per heavy atom. The lowest BCUT2D eigenvalue weighted by atomic mass is 9.99. The van der Waals surface area contributed by atoms with E-state index in [1.165, 1.54) is 0 Å². The third-order valence-electron chi connectivity index (χ3n) is 1.88. The maximum atomic E-state index is 10.6. The second-order valence-electron chi connectivity index (χ2n) is 2.41. The van der Waals surface area contributed by atoms with Crippen LogP contribution < -0.4 is 5.32 Å². The summed E-state index contributed by atoms with van der Waals surface area (Å²) in [6.07, 6.45) is 4.16. The highest BCUT2D eigenvalue weighted by molar-refractivity contribution is 5.82. The maximum Gasteiger partial charge on any atom is 0.327 e. The molecule has 0 amide bonds. The van der Waals surface area contributed by atoms with E-state index in [4.69, 9.17) is 5.11 Å². The molecule has 1 aliphatic rings. The molecule has 3 nitrogen and oxygen atoms in total. The Morgan fingerprint density at radius 1 is 1.90 bits per heavy atom. The molecule has 0 aliphatic carbocycles. The van der Waals surface area contributed by atoms with Crippen LogP contribution in [0.3, 0.4) is 0 Å². The van der Waals surface area contributed by atoms with Crippen LogP contribution in [0.5, 0.6) is 0 Å². The Bertz CT molecular complexity index is 176. The van der Waals surface area contributed by atoms with Crippen LogP contribution in [0, 0.1) is 0 Å². The molecule has 0 unspecified atom stereocenters. The van der Waals surface area contributed by atoms with Crippen LogP contribution >= 0.6 is 0 Å². The van der Waals surface area contributed by atoms with E-state index in [-0.39, 0.29) is 0 Å². The molecule has 10 heavy (non-hydrogen) atoms. The van der Waals surface area contributed by atoms with Crippen molar-refractivity contribution in [2.75, 3.05) is 6.54 Å². The monoisotopic (exact) mass is 141 g/mol. The summed E-state index contributed by atoms with van der Waals surface area (Å²) in [5.41, 5.74) is -0.778. The molecule has 0 aromatic rings. The fourth-order valence-corrected chi connectivity index (χ4v) is 1.10. The van der Waals surface area contributed by atoms with E-state index in [9.17, 15) is 4.79 Å². The lowest BCUT2D eigenvalue weighted by Crippen LogP contribution is -2.46. The van der Waals surface area contributed by atoms with Crippen molar-refractivity contribution in [3.8, 4) is 0 Å². The van der Waals surface area contributed by atoms with Gasteiger partial charge in [-0.1, -0.05) is 19.1 Å². The number of hydrogen-bond acceptors (Lipinski definition) is 2. The number of carbonyl (C=O) groups is 1. The van der Waals surface area contributed by atoms with Gasteiger partial charge in [-0.15, -0.1) is 0 Å². The van der Waals surface area contributed by atoms with Gasteiger partial charge in [0.05, 0.1) is 0 Å². The SMILES string of the molecule is CC[C@@]1(C(=O)O)C=CCN1. The minimum Gasteiger partial charge on any atom is -0.480 e. The minimum absolute atomic E-state index is 0.596. The zero-order chi connectivity index (χ0) is 7.61. The molecule has 1 rings (SSSR count). The van der Waals surface area contributed by atoms with E-state index >= 15 is 0 Å². The van der Waals surface area contributed by atoms with Gasteiger partial charge in [-0.2, -0.15) is 0 Å². The zero-order valence-electron chi connectivity index (χ0n) is 5.92. The molecule has 0 saturated heterocycles. The largest absolute Gasteiger partial charge is 0.480 e. The summed E-state index contributed by atoms with van der Waals surface area (Å²) < 4.78 is 0. The second kappa shape index (κ2) is 2.42. The Morgan fingerprint density at radius 3 is 2.80 bits per heavy atom. The first-order valence-corrected chi connectivity index (χ1v) is 3.37. The molecule has 56 valence electrons. The van der Waals surface area contributed by atoms with Crippen molar-refractivity contribution in [2.24, 2.45) is 0 Å². The first kappa shape index (κ1) is 7.28. The number of rotatable bonds is 2. The fourth-order valence-electron chi connectivity index (χ4n) is 1.10. The molecular formula is C7H11NO2. The van der Waals surface area contributed by atoms with Crippen molar-refractivity contribution < 1.29 is 9.90 Å². The number of aliphatic carboxylic acids is 1. The van der Waals surface area contributed by atoms with Gasteiger partial charge in [0.2, 0.25) is 0 Å². The number of nitrogens with one attached hydrogen (secondary N) is 1. The molecule has 0 aromatic carbocycles. The van der Waals surface area contributed by atoms with E-state index < -0.39 is 11.5 Å². The maximum absolute atomic E-state index is 10.6. The molecule has 0 fully saturated rings. The molecule has 0 radical (unpaired) electrons. The van der Waals surface area contributed by atoms with Crippen molar-refractivity contribution in [3.05, 3.63) is 12.2 Å². The summed E-state index contributed by atoms with van der Waals surface area (Å²) in [6.45, 7) is 2.52. The second-order valence-corrected chi connectivity index (χ2v) is 2.41. The molecule has 1 heterocycles. The summed E-state index contributed by atoms with van der Waals surface area (Å²) in [4.78, 5) is 10.6. The van der Waals surface area contributed by atoms with Crippen LogP contribution in [-0.2, 0) is 4.79 Å². The quantitative estimate of drug-likeness (QED) is 0.546. The summed E-state index contributed by atoms with van der Waals surface area (Å²) in [5, 5.41) is 11.7. The highest BCUT2D eigenvalue weighted by atomic mass is 16.4. The van der Waals surface area contributed by atoms with Gasteiger partial charge in [-0.25, -0.2) is 4.79 Å². The highest BCUT2D eigenvalue weighted by Crippen LogP contribution is 2.15. The van der Waals surface area contributed by atoms with Gasteiger partial charge >= 0.3 is 5.97 Å². The summed E-state index contributed by atoms with van der Waals surface area (Å²) in [7, 11) is 0. The summed E-state index contributed by atoms with van der Waals surface area (Å²) in [5.74, 6) is -0.788. The minimum atomic E-state index is -0.788. The van der Waals surface area contributed by atoms with Crippen molar-refractivity contribution in [3.63, 3.8) is 0 Å². The smallest absolute Gasteiger partial charge is 0.327 e. The van der Waals surface area contributed by atoms with E-state index in [1.807, 2.05) is 13.0 Å². The van der Waals surface area contributed by atoms with Gasteiger partial charge in [0.25, 0.3) is 0 Å². The Kier molecular flexibility index (Phi) is 1.76. The van der Waals surface area contributed by atoms with E-state index in [0.29, 0.717) is 13.0 Å². The van der Waals surface area contributed by atoms with Crippen LogP contribution in [0.4, 0.5) is 0 Å². The van der Waals surface area contributed by atoms with Crippen LogP contribution in [0.15, 0.2) is 12.2 Å². The van der Waals surface area contributed by atoms with Crippen LogP contribution in [0.2, 0.25) is 0 Å².